The van der Waals surface area contributed by atoms with Gasteiger partial charge < -0.3 is 4.57 Å². The van der Waals surface area contributed by atoms with E-state index in [1.807, 2.05) is 11.3 Å². The summed E-state index contributed by atoms with van der Waals surface area (Å²) in [7, 11) is 0. The molecule has 0 atom stereocenters. The van der Waals surface area contributed by atoms with Crippen LogP contribution >= 0.6 is 11.3 Å². The van der Waals surface area contributed by atoms with Crippen LogP contribution in [0.5, 0.6) is 0 Å². The third-order valence-corrected chi connectivity index (χ3v) is 13.6. The predicted octanol–water partition coefficient (Wildman–Crippen LogP) is 16.4. The Bertz CT molecular complexity index is 3550. The summed E-state index contributed by atoms with van der Waals surface area (Å²) in [5.41, 5.74) is 14.9. The molecule has 12 rings (SSSR count). The van der Waals surface area contributed by atoms with Crippen molar-refractivity contribution in [2.45, 2.75) is 6.92 Å². The maximum atomic E-state index is 2.45. The molecule has 1 nitrogen and oxygen atoms in total. The Morgan fingerprint density at radius 2 is 0.915 bits per heavy atom. The van der Waals surface area contributed by atoms with Gasteiger partial charge in [0, 0.05) is 36.6 Å². The Kier molecular flexibility index (Phi) is 7.69. The van der Waals surface area contributed by atoms with E-state index in [-0.39, 0.29) is 0 Å². The van der Waals surface area contributed by atoms with E-state index in [4.69, 9.17) is 0 Å². The number of hydrogen-bond acceptors (Lipinski definition) is 1. The lowest BCUT2D eigenvalue weighted by molar-refractivity contribution is 1.17. The van der Waals surface area contributed by atoms with Gasteiger partial charge in [-0.2, -0.15) is 0 Å². The van der Waals surface area contributed by atoms with Crippen molar-refractivity contribution in [2.75, 3.05) is 0 Å². The lowest BCUT2D eigenvalue weighted by atomic mass is 9.85. The number of hydrogen-bond donors (Lipinski definition) is 0. The molecule has 0 N–H and O–H groups in total. The average molecular weight is 768 g/mol. The summed E-state index contributed by atoms with van der Waals surface area (Å²) in [5, 5.41) is 10.3. The third-order valence-electron chi connectivity index (χ3n) is 12.3. The monoisotopic (exact) mass is 767 g/mol. The first-order chi connectivity index (χ1) is 29.2. The zero-order valence-electron chi connectivity index (χ0n) is 32.5. The molecule has 0 spiro atoms. The van der Waals surface area contributed by atoms with Crippen molar-refractivity contribution in [1.82, 2.24) is 4.57 Å². The molecule has 0 radical (unpaired) electrons. The fourth-order valence-corrected chi connectivity index (χ4v) is 10.9. The Morgan fingerprint density at radius 3 is 1.64 bits per heavy atom. The van der Waals surface area contributed by atoms with Crippen LogP contribution in [-0.2, 0) is 0 Å². The molecule has 0 aliphatic heterocycles. The van der Waals surface area contributed by atoms with Gasteiger partial charge in [0.15, 0.2) is 0 Å². The summed E-state index contributed by atoms with van der Waals surface area (Å²) in [6.45, 7) is 2.27. The summed E-state index contributed by atoms with van der Waals surface area (Å²) in [6.07, 6.45) is 0. The van der Waals surface area contributed by atoms with Crippen LogP contribution in [0.3, 0.4) is 0 Å². The van der Waals surface area contributed by atoms with Crippen LogP contribution in [0.2, 0.25) is 0 Å². The number of thiophene rings is 1. The molecule has 0 bridgehead atoms. The van der Waals surface area contributed by atoms with Crippen molar-refractivity contribution in [3.05, 3.63) is 212 Å². The first kappa shape index (κ1) is 33.8. The number of fused-ring (bicyclic) bond motifs is 8. The van der Waals surface area contributed by atoms with E-state index >= 15 is 0 Å². The summed E-state index contributed by atoms with van der Waals surface area (Å²) in [5.74, 6) is 0. The van der Waals surface area contributed by atoms with Crippen molar-refractivity contribution in [1.29, 1.82) is 0 Å². The lowest BCUT2D eigenvalue weighted by Gasteiger charge is -2.19. The fourth-order valence-electron chi connectivity index (χ4n) is 9.65. The van der Waals surface area contributed by atoms with E-state index in [2.05, 4.69) is 218 Å². The number of aryl methyl sites for hydroxylation is 1. The highest BCUT2D eigenvalue weighted by Gasteiger charge is 2.19. The average Bonchev–Trinajstić information content (AvgIpc) is 3.84. The minimum absolute atomic E-state index is 1.16. The second-order valence-electron chi connectivity index (χ2n) is 15.6. The number of para-hydroxylation sites is 1. The van der Waals surface area contributed by atoms with E-state index in [0.29, 0.717) is 0 Å². The van der Waals surface area contributed by atoms with Gasteiger partial charge in [0.1, 0.15) is 0 Å². The zero-order valence-corrected chi connectivity index (χ0v) is 33.3. The number of aromatic nitrogens is 1. The Balaban J connectivity index is 0.986. The van der Waals surface area contributed by atoms with E-state index in [1.54, 1.807) is 0 Å². The molecule has 0 saturated carbocycles. The fraction of sp³-hybridized carbons (Fsp3) is 0.0175. The second-order valence-corrected chi connectivity index (χ2v) is 16.7. The van der Waals surface area contributed by atoms with Crippen molar-refractivity contribution in [3.63, 3.8) is 0 Å². The van der Waals surface area contributed by atoms with Gasteiger partial charge in [0.05, 0.1) is 11.0 Å². The van der Waals surface area contributed by atoms with Crippen LogP contribution in [0.1, 0.15) is 5.56 Å². The molecule has 0 amide bonds. The maximum Gasteiger partial charge on any atom is 0.0547 e. The molecule has 0 aliphatic carbocycles. The molecule has 2 aromatic heterocycles. The van der Waals surface area contributed by atoms with Crippen LogP contribution < -0.4 is 0 Å². The minimum atomic E-state index is 1.16. The van der Waals surface area contributed by atoms with Crippen LogP contribution in [0, 0.1) is 6.92 Å². The number of rotatable bonds is 5. The molecule has 0 saturated heterocycles. The summed E-state index contributed by atoms with van der Waals surface area (Å²) >= 11 is 1.88. The van der Waals surface area contributed by atoms with E-state index < -0.39 is 0 Å². The first-order valence-corrected chi connectivity index (χ1v) is 21.2. The van der Waals surface area contributed by atoms with Gasteiger partial charge in [0.2, 0.25) is 0 Å². The molecule has 12 aromatic rings. The number of nitrogens with zero attached hydrogens (tertiary/aromatic N) is 1. The van der Waals surface area contributed by atoms with Crippen LogP contribution in [0.15, 0.2) is 206 Å². The van der Waals surface area contributed by atoms with Gasteiger partial charge >= 0.3 is 0 Å². The highest BCUT2D eigenvalue weighted by atomic mass is 32.1. The summed E-state index contributed by atoms with van der Waals surface area (Å²) in [4.78, 5) is 0. The quantitative estimate of drug-likeness (QED) is 0.154. The highest BCUT2D eigenvalue weighted by molar-refractivity contribution is 7.26. The topological polar surface area (TPSA) is 4.93 Å². The normalized spacial score (nSPS) is 11.8. The van der Waals surface area contributed by atoms with E-state index in [1.165, 1.54) is 114 Å². The molecule has 0 fully saturated rings. The summed E-state index contributed by atoms with van der Waals surface area (Å²) in [6, 6.07) is 76.1. The maximum absolute atomic E-state index is 2.45. The second kappa shape index (κ2) is 13.4. The molecule has 2 heteroatoms. The van der Waals surface area contributed by atoms with Gasteiger partial charge in [-0.1, -0.05) is 176 Å². The van der Waals surface area contributed by atoms with Crippen molar-refractivity contribution in [3.8, 4) is 50.2 Å². The Morgan fingerprint density at radius 1 is 0.339 bits per heavy atom. The molecule has 59 heavy (non-hydrogen) atoms. The number of benzene rings is 10. The van der Waals surface area contributed by atoms with Gasteiger partial charge in [-0.25, -0.2) is 0 Å². The molecule has 0 aliphatic rings. The Labute approximate surface area is 346 Å². The van der Waals surface area contributed by atoms with E-state index in [0.717, 1.165) is 5.69 Å². The van der Waals surface area contributed by atoms with Crippen LogP contribution in [-0.4, -0.2) is 4.57 Å². The van der Waals surface area contributed by atoms with Crippen LogP contribution in [0.25, 0.3) is 114 Å². The van der Waals surface area contributed by atoms with Gasteiger partial charge in [-0.05, 0) is 109 Å². The van der Waals surface area contributed by atoms with Gasteiger partial charge in [0.25, 0.3) is 0 Å². The molecule has 10 aromatic carbocycles. The smallest absolute Gasteiger partial charge is 0.0547 e. The minimum Gasteiger partial charge on any atom is -0.309 e. The largest absolute Gasteiger partial charge is 0.309 e. The van der Waals surface area contributed by atoms with Crippen molar-refractivity contribution in [2.24, 2.45) is 0 Å². The predicted molar refractivity (Wildman–Crippen MR) is 255 cm³/mol. The molecule has 2 heterocycles. The van der Waals surface area contributed by atoms with Gasteiger partial charge in [-0.15, -0.1) is 11.3 Å². The molecule has 0 unspecified atom stereocenters. The highest BCUT2D eigenvalue weighted by Crippen LogP contribution is 2.45. The molecular weight excluding hydrogens is 731 g/mol. The third kappa shape index (κ3) is 5.30. The van der Waals surface area contributed by atoms with Gasteiger partial charge in [-0.3, -0.25) is 0 Å². The van der Waals surface area contributed by atoms with Crippen molar-refractivity contribution >= 4 is 74.9 Å². The Hall–Kier alpha value is -7.26. The van der Waals surface area contributed by atoms with E-state index in [9.17, 15) is 0 Å². The SMILES string of the molecule is Cc1cc(-n2c3ccccc3c3ccc(-c4ccc(-c5cccc6c5sc5ccccc56)cc4)cc32)ccc1-c1c2ccccc2c(-c2ccccc2)c2ccccc12. The first-order valence-electron chi connectivity index (χ1n) is 20.3. The van der Waals surface area contributed by atoms with Crippen LogP contribution in [0.4, 0.5) is 0 Å². The summed E-state index contributed by atoms with van der Waals surface area (Å²) < 4.78 is 5.13. The molecule has 276 valence electrons. The standard InChI is InChI=1S/C57H37NS/c1-36-34-41(31-33-42(36)56-49-20-7-5-18-47(49)55(39-14-3-2-4-15-39)48-19-6-8-21-50(48)56)58-52-24-11-9-16-44(52)45-32-30-40(35-53(45)58)37-26-28-38(29-27-37)43-22-13-23-51-46-17-10-12-25-54(46)59-57(43)51/h2-35H,1H3. The molecular formula is C57H37NS. The lowest BCUT2D eigenvalue weighted by Crippen LogP contribution is -1.97. The zero-order chi connectivity index (χ0) is 39.0. The van der Waals surface area contributed by atoms with Crippen molar-refractivity contribution < 1.29 is 0 Å².